The van der Waals surface area contributed by atoms with Crippen molar-refractivity contribution < 1.29 is 14.3 Å². The summed E-state index contributed by atoms with van der Waals surface area (Å²) in [5.41, 5.74) is 1.73. The van der Waals surface area contributed by atoms with E-state index in [9.17, 15) is 9.59 Å². The number of carbonyl (C=O) groups excluding carboxylic acids is 2. The minimum atomic E-state index is -0.194. The number of thioether (sulfide) groups is 1. The van der Waals surface area contributed by atoms with Crippen molar-refractivity contribution in [3.63, 3.8) is 0 Å². The zero-order valence-corrected chi connectivity index (χ0v) is 14.7. The molecule has 1 aromatic rings. The molecule has 128 valence electrons. The Kier molecular flexibility index (Phi) is 7.13. The first kappa shape index (κ1) is 18.3. The average Bonchev–Trinajstić information content (AvgIpc) is 2.62. The standard InChI is InChI=1S/C18H22N2O3S/c1-2-23-18(22)16-4-3-9-20(11-16)17(21)13-24-12-15-7-5-14(10-19)6-8-15/h5-8,16H,2-4,9,11-13H2,1H3. The number of hydrogen-bond acceptors (Lipinski definition) is 5. The van der Waals surface area contributed by atoms with Crippen LogP contribution in [-0.4, -0.2) is 42.2 Å². The van der Waals surface area contributed by atoms with Gasteiger partial charge >= 0.3 is 5.97 Å². The molecule has 5 nitrogen and oxygen atoms in total. The highest BCUT2D eigenvalue weighted by atomic mass is 32.2. The number of amides is 1. The van der Waals surface area contributed by atoms with E-state index in [4.69, 9.17) is 10.00 Å². The van der Waals surface area contributed by atoms with Gasteiger partial charge in [0.25, 0.3) is 0 Å². The molecule has 1 fully saturated rings. The normalized spacial score (nSPS) is 17.2. The number of carbonyl (C=O) groups is 2. The number of likely N-dealkylation sites (tertiary alicyclic amines) is 1. The Hall–Kier alpha value is -2.00. The molecule has 2 rings (SSSR count). The van der Waals surface area contributed by atoms with Crippen molar-refractivity contribution in [2.24, 2.45) is 5.92 Å². The molecule has 0 N–H and O–H groups in total. The van der Waals surface area contributed by atoms with Crippen molar-refractivity contribution in [3.05, 3.63) is 35.4 Å². The average molecular weight is 346 g/mol. The Morgan fingerprint density at radius 2 is 2.12 bits per heavy atom. The summed E-state index contributed by atoms with van der Waals surface area (Å²) in [4.78, 5) is 25.9. The third kappa shape index (κ3) is 5.27. The zero-order chi connectivity index (χ0) is 17.4. The van der Waals surface area contributed by atoms with Crippen LogP contribution in [0.4, 0.5) is 0 Å². The summed E-state index contributed by atoms with van der Waals surface area (Å²) in [6.45, 7) is 3.36. The molecule has 0 spiro atoms. The highest BCUT2D eigenvalue weighted by molar-refractivity contribution is 7.99. The molecular formula is C18H22N2O3S. The lowest BCUT2D eigenvalue weighted by atomic mass is 9.98. The minimum Gasteiger partial charge on any atom is -0.466 e. The van der Waals surface area contributed by atoms with Crippen molar-refractivity contribution in [3.8, 4) is 6.07 Å². The molecule has 1 aliphatic heterocycles. The second-order valence-electron chi connectivity index (χ2n) is 5.73. The Labute approximate surface area is 147 Å². The van der Waals surface area contributed by atoms with E-state index in [-0.39, 0.29) is 17.8 Å². The van der Waals surface area contributed by atoms with Gasteiger partial charge in [-0.25, -0.2) is 0 Å². The van der Waals surface area contributed by atoms with E-state index in [0.717, 1.165) is 24.2 Å². The van der Waals surface area contributed by atoms with Crippen molar-refractivity contribution in [2.45, 2.75) is 25.5 Å². The van der Waals surface area contributed by atoms with Crippen LogP contribution < -0.4 is 0 Å². The predicted octanol–water partition coefficient (Wildman–Crippen LogP) is 2.59. The number of nitrogens with zero attached hydrogens (tertiary/aromatic N) is 2. The van der Waals surface area contributed by atoms with Crippen LogP contribution in [0.15, 0.2) is 24.3 Å². The number of piperidine rings is 1. The van der Waals surface area contributed by atoms with Crippen LogP contribution in [0.3, 0.4) is 0 Å². The van der Waals surface area contributed by atoms with Crippen molar-refractivity contribution in [1.29, 1.82) is 5.26 Å². The lowest BCUT2D eigenvalue weighted by Crippen LogP contribution is -2.43. The molecule has 1 saturated heterocycles. The van der Waals surface area contributed by atoms with Crippen LogP contribution in [-0.2, 0) is 20.1 Å². The molecule has 0 aromatic heterocycles. The van der Waals surface area contributed by atoms with Gasteiger partial charge in [0.2, 0.25) is 5.91 Å². The van der Waals surface area contributed by atoms with E-state index in [2.05, 4.69) is 6.07 Å². The lowest BCUT2D eigenvalue weighted by molar-refractivity contribution is -0.151. The van der Waals surface area contributed by atoms with Crippen molar-refractivity contribution >= 4 is 23.6 Å². The van der Waals surface area contributed by atoms with Gasteiger partial charge in [0.15, 0.2) is 0 Å². The first-order valence-electron chi connectivity index (χ1n) is 8.15. The molecule has 1 heterocycles. The fourth-order valence-corrected chi connectivity index (χ4v) is 3.57. The van der Waals surface area contributed by atoms with E-state index in [0.29, 0.717) is 31.0 Å². The van der Waals surface area contributed by atoms with E-state index in [1.54, 1.807) is 35.7 Å². The van der Waals surface area contributed by atoms with E-state index >= 15 is 0 Å². The van der Waals surface area contributed by atoms with Gasteiger partial charge in [0.05, 0.1) is 29.9 Å². The molecule has 0 saturated carbocycles. The Morgan fingerprint density at radius 1 is 1.38 bits per heavy atom. The quantitative estimate of drug-likeness (QED) is 0.741. The Morgan fingerprint density at radius 3 is 2.79 bits per heavy atom. The third-order valence-electron chi connectivity index (χ3n) is 3.97. The zero-order valence-electron chi connectivity index (χ0n) is 13.9. The topological polar surface area (TPSA) is 70.4 Å². The molecular weight excluding hydrogens is 324 g/mol. The van der Waals surface area contributed by atoms with Crippen molar-refractivity contribution in [1.82, 2.24) is 4.90 Å². The monoisotopic (exact) mass is 346 g/mol. The van der Waals surface area contributed by atoms with Crippen molar-refractivity contribution in [2.75, 3.05) is 25.4 Å². The van der Waals surface area contributed by atoms with Gasteiger partial charge < -0.3 is 9.64 Å². The molecule has 0 aliphatic carbocycles. The second kappa shape index (κ2) is 9.33. The van der Waals surface area contributed by atoms with E-state index in [1.807, 2.05) is 12.1 Å². The summed E-state index contributed by atoms with van der Waals surface area (Å²) in [7, 11) is 0. The molecule has 1 unspecified atom stereocenters. The first-order valence-corrected chi connectivity index (χ1v) is 9.30. The Balaban J connectivity index is 1.77. The maximum absolute atomic E-state index is 12.3. The van der Waals surface area contributed by atoms with Gasteiger partial charge in [-0.05, 0) is 37.5 Å². The van der Waals surface area contributed by atoms with Gasteiger partial charge in [0.1, 0.15) is 0 Å². The van der Waals surface area contributed by atoms with E-state index < -0.39 is 0 Å². The lowest BCUT2D eigenvalue weighted by Gasteiger charge is -2.31. The minimum absolute atomic E-state index is 0.0719. The van der Waals surface area contributed by atoms with Crippen LogP contribution in [0.25, 0.3) is 0 Å². The maximum Gasteiger partial charge on any atom is 0.310 e. The number of esters is 1. The molecule has 6 heteroatoms. The highest BCUT2D eigenvalue weighted by Crippen LogP contribution is 2.20. The summed E-state index contributed by atoms with van der Waals surface area (Å²) in [6.07, 6.45) is 1.64. The summed E-state index contributed by atoms with van der Waals surface area (Å²) in [5.74, 6) is 0.816. The third-order valence-corrected chi connectivity index (χ3v) is 4.96. The van der Waals surface area contributed by atoms with Crippen LogP contribution in [0.5, 0.6) is 0 Å². The number of hydrogen-bond donors (Lipinski definition) is 0. The van der Waals surface area contributed by atoms with Crippen LogP contribution in [0.2, 0.25) is 0 Å². The smallest absolute Gasteiger partial charge is 0.310 e. The molecule has 0 bridgehead atoms. The van der Waals surface area contributed by atoms with Gasteiger partial charge in [0, 0.05) is 18.8 Å². The van der Waals surface area contributed by atoms with Gasteiger partial charge in [-0.1, -0.05) is 12.1 Å². The van der Waals surface area contributed by atoms with Crippen LogP contribution >= 0.6 is 11.8 Å². The Bertz CT molecular complexity index is 610. The predicted molar refractivity (Wildman–Crippen MR) is 93.3 cm³/mol. The summed E-state index contributed by atoms with van der Waals surface area (Å²) in [5, 5.41) is 8.78. The molecule has 1 aliphatic rings. The number of rotatable bonds is 6. The summed E-state index contributed by atoms with van der Waals surface area (Å²) in [6, 6.07) is 9.48. The van der Waals surface area contributed by atoms with Gasteiger partial charge in [-0.15, -0.1) is 11.8 Å². The summed E-state index contributed by atoms with van der Waals surface area (Å²) < 4.78 is 5.06. The van der Waals surface area contributed by atoms with Crippen LogP contribution in [0.1, 0.15) is 30.9 Å². The summed E-state index contributed by atoms with van der Waals surface area (Å²) >= 11 is 1.55. The largest absolute Gasteiger partial charge is 0.466 e. The molecule has 1 amide bonds. The van der Waals surface area contributed by atoms with Gasteiger partial charge in [-0.3, -0.25) is 9.59 Å². The maximum atomic E-state index is 12.3. The first-order chi connectivity index (χ1) is 11.6. The van der Waals surface area contributed by atoms with E-state index in [1.165, 1.54) is 0 Å². The molecule has 0 radical (unpaired) electrons. The molecule has 1 atom stereocenters. The van der Waals surface area contributed by atoms with Gasteiger partial charge in [-0.2, -0.15) is 5.26 Å². The fourth-order valence-electron chi connectivity index (χ4n) is 2.68. The van der Waals surface area contributed by atoms with Crippen LogP contribution in [0, 0.1) is 17.2 Å². The number of nitriles is 1. The number of benzene rings is 1. The SMILES string of the molecule is CCOC(=O)C1CCCN(C(=O)CSCc2ccc(C#N)cc2)C1. The number of ether oxygens (including phenoxy) is 1. The second-order valence-corrected chi connectivity index (χ2v) is 6.72. The molecule has 1 aromatic carbocycles. The highest BCUT2D eigenvalue weighted by Gasteiger charge is 2.29. The molecule has 24 heavy (non-hydrogen) atoms. The fraction of sp³-hybridized carbons (Fsp3) is 0.500.